The lowest BCUT2D eigenvalue weighted by Gasteiger charge is -2.24. The molecule has 1 amide bonds. The molecule has 1 aromatic rings. The summed E-state index contributed by atoms with van der Waals surface area (Å²) in [6, 6.07) is 1.84. The Kier molecular flexibility index (Phi) is 8.00. The van der Waals surface area contributed by atoms with Gasteiger partial charge >= 0.3 is 0 Å². The van der Waals surface area contributed by atoms with Gasteiger partial charge < -0.3 is 19.7 Å². The summed E-state index contributed by atoms with van der Waals surface area (Å²) in [6.07, 6.45) is 3.77. The highest BCUT2D eigenvalue weighted by molar-refractivity contribution is 9.10. The number of carbonyl (C=O) groups is 1. The molecule has 120 valence electrons. The summed E-state index contributed by atoms with van der Waals surface area (Å²) >= 11 is 3.38. The molecule has 0 bridgehead atoms. The molecule has 0 fully saturated rings. The van der Waals surface area contributed by atoms with Gasteiger partial charge in [0.15, 0.2) is 0 Å². The SMILES string of the molecule is CN(C)CCCN(CCCN(C)C)C(=O)c1cc(Br)c[nH]1. The minimum Gasteiger partial charge on any atom is -0.356 e. The Balaban J connectivity index is 2.59. The van der Waals surface area contributed by atoms with Crippen LogP contribution in [0.3, 0.4) is 0 Å². The summed E-state index contributed by atoms with van der Waals surface area (Å²) < 4.78 is 0.910. The number of nitrogens with one attached hydrogen (secondary N) is 1. The maximum atomic E-state index is 12.6. The first-order valence-corrected chi connectivity index (χ1v) is 8.12. The van der Waals surface area contributed by atoms with Gasteiger partial charge in [0, 0.05) is 23.8 Å². The lowest BCUT2D eigenvalue weighted by molar-refractivity contribution is 0.0739. The van der Waals surface area contributed by atoms with Gasteiger partial charge in [-0.1, -0.05) is 0 Å². The molecular formula is C15H27BrN4O. The van der Waals surface area contributed by atoms with E-state index in [1.54, 1.807) is 6.20 Å². The van der Waals surface area contributed by atoms with Gasteiger partial charge in [-0.05, 0) is 76.1 Å². The Labute approximate surface area is 136 Å². The lowest BCUT2D eigenvalue weighted by atomic mass is 10.2. The zero-order chi connectivity index (χ0) is 15.8. The van der Waals surface area contributed by atoms with Crippen LogP contribution in [0.2, 0.25) is 0 Å². The number of aromatic amines is 1. The van der Waals surface area contributed by atoms with E-state index in [2.05, 4.69) is 58.9 Å². The summed E-state index contributed by atoms with van der Waals surface area (Å²) in [4.78, 5) is 21.8. The van der Waals surface area contributed by atoms with Gasteiger partial charge in [-0.15, -0.1) is 0 Å². The molecule has 0 aromatic carbocycles. The monoisotopic (exact) mass is 358 g/mol. The Morgan fingerprint density at radius 2 is 1.57 bits per heavy atom. The van der Waals surface area contributed by atoms with E-state index in [0.717, 1.165) is 43.5 Å². The molecule has 0 aliphatic carbocycles. The molecule has 0 atom stereocenters. The minimum absolute atomic E-state index is 0.0817. The van der Waals surface area contributed by atoms with Crippen LogP contribution in [0.15, 0.2) is 16.7 Å². The second-order valence-electron chi connectivity index (χ2n) is 5.84. The third-order valence-electron chi connectivity index (χ3n) is 3.23. The number of carbonyl (C=O) groups excluding carboxylic acids is 1. The molecule has 0 unspecified atom stereocenters. The van der Waals surface area contributed by atoms with E-state index in [1.807, 2.05) is 11.0 Å². The maximum Gasteiger partial charge on any atom is 0.270 e. The molecular weight excluding hydrogens is 332 g/mol. The van der Waals surface area contributed by atoms with Crippen molar-refractivity contribution < 1.29 is 4.79 Å². The van der Waals surface area contributed by atoms with Gasteiger partial charge in [-0.3, -0.25) is 4.79 Å². The number of hydrogen-bond acceptors (Lipinski definition) is 3. The zero-order valence-corrected chi connectivity index (χ0v) is 15.1. The molecule has 21 heavy (non-hydrogen) atoms. The Hall–Kier alpha value is -0.850. The third-order valence-corrected chi connectivity index (χ3v) is 3.69. The Morgan fingerprint density at radius 1 is 1.05 bits per heavy atom. The number of halogens is 1. The second-order valence-corrected chi connectivity index (χ2v) is 6.75. The van der Waals surface area contributed by atoms with E-state index in [4.69, 9.17) is 0 Å². The zero-order valence-electron chi connectivity index (χ0n) is 13.5. The maximum absolute atomic E-state index is 12.6. The van der Waals surface area contributed by atoms with Crippen molar-refractivity contribution in [3.63, 3.8) is 0 Å². The Morgan fingerprint density at radius 3 is 1.95 bits per heavy atom. The van der Waals surface area contributed by atoms with E-state index in [-0.39, 0.29) is 5.91 Å². The normalized spacial score (nSPS) is 11.4. The summed E-state index contributed by atoms with van der Waals surface area (Å²) in [6.45, 7) is 3.57. The van der Waals surface area contributed by atoms with E-state index >= 15 is 0 Å². The Bertz CT molecular complexity index is 417. The fraction of sp³-hybridized carbons (Fsp3) is 0.667. The number of H-pyrrole nitrogens is 1. The van der Waals surface area contributed by atoms with Crippen LogP contribution in [0, 0.1) is 0 Å². The van der Waals surface area contributed by atoms with Crippen LogP contribution in [-0.4, -0.2) is 80.0 Å². The third kappa shape index (κ3) is 7.11. The fourth-order valence-corrected chi connectivity index (χ4v) is 2.48. The highest BCUT2D eigenvalue weighted by Gasteiger charge is 2.16. The van der Waals surface area contributed by atoms with Crippen LogP contribution < -0.4 is 0 Å². The number of rotatable bonds is 9. The molecule has 1 rings (SSSR count). The average Bonchev–Trinajstić information content (AvgIpc) is 2.82. The number of nitrogens with zero attached hydrogens (tertiary/aromatic N) is 3. The van der Waals surface area contributed by atoms with Gasteiger partial charge in [0.05, 0.1) is 0 Å². The van der Waals surface area contributed by atoms with E-state index in [0.29, 0.717) is 5.69 Å². The lowest BCUT2D eigenvalue weighted by Crippen LogP contribution is -2.35. The van der Waals surface area contributed by atoms with Crippen molar-refractivity contribution in [2.45, 2.75) is 12.8 Å². The predicted molar refractivity (Wildman–Crippen MR) is 90.7 cm³/mol. The van der Waals surface area contributed by atoms with Crippen LogP contribution in [0.4, 0.5) is 0 Å². The molecule has 5 nitrogen and oxygen atoms in total. The van der Waals surface area contributed by atoms with Crippen molar-refractivity contribution in [3.8, 4) is 0 Å². The molecule has 0 radical (unpaired) electrons. The summed E-state index contributed by atoms with van der Waals surface area (Å²) in [5.74, 6) is 0.0817. The topological polar surface area (TPSA) is 42.6 Å². The van der Waals surface area contributed by atoms with Crippen LogP contribution in [0.25, 0.3) is 0 Å². The first-order valence-electron chi connectivity index (χ1n) is 7.33. The molecule has 0 aliphatic heterocycles. The highest BCUT2D eigenvalue weighted by atomic mass is 79.9. The van der Waals surface area contributed by atoms with Crippen LogP contribution in [0.1, 0.15) is 23.3 Å². The van der Waals surface area contributed by atoms with Crippen molar-refractivity contribution in [2.75, 3.05) is 54.4 Å². The van der Waals surface area contributed by atoms with E-state index < -0.39 is 0 Å². The number of aromatic nitrogens is 1. The molecule has 0 saturated carbocycles. The summed E-state index contributed by atoms with van der Waals surface area (Å²) in [5, 5.41) is 0. The van der Waals surface area contributed by atoms with Gasteiger partial charge in [0.2, 0.25) is 0 Å². The molecule has 0 aliphatic rings. The van der Waals surface area contributed by atoms with Gasteiger partial charge in [0.25, 0.3) is 5.91 Å². The molecule has 1 heterocycles. The fourth-order valence-electron chi connectivity index (χ4n) is 2.13. The van der Waals surface area contributed by atoms with Gasteiger partial charge in [-0.2, -0.15) is 0 Å². The predicted octanol–water partition coefficient (Wildman–Crippen LogP) is 2.12. The van der Waals surface area contributed by atoms with Crippen LogP contribution >= 0.6 is 15.9 Å². The van der Waals surface area contributed by atoms with Gasteiger partial charge in [-0.25, -0.2) is 0 Å². The van der Waals surface area contributed by atoms with Crippen molar-refractivity contribution >= 4 is 21.8 Å². The molecule has 1 N–H and O–H groups in total. The summed E-state index contributed by atoms with van der Waals surface area (Å²) in [5.41, 5.74) is 0.650. The smallest absolute Gasteiger partial charge is 0.270 e. The molecule has 1 aromatic heterocycles. The number of hydrogen-bond donors (Lipinski definition) is 1. The first kappa shape index (κ1) is 18.2. The molecule has 0 saturated heterocycles. The highest BCUT2D eigenvalue weighted by Crippen LogP contribution is 2.13. The van der Waals surface area contributed by atoms with Crippen LogP contribution in [-0.2, 0) is 0 Å². The van der Waals surface area contributed by atoms with E-state index in [1.165, 1.54) is 0 Å². The van der Waals surface area contributed by atoms with Crippen molar-refractivity contribution in [1.29, 1.82) is 0 Å². The van der Waals surface area contributed by atoms with Crippen LogP contribution in [0.5, 0.6) is 0 Å². The standard InChI is InChI=1S/C15H27BrN4O/c1-18(2)7-5-9-20(10-6-8-19(3)4)15(21)14-11-13(16)12-17-14/h11-12,17H,5-10H2,1-4H3. The largest absolute Gasteiger partial charge is 0.356 e. The minimum atomic E-state index is 0.0817. The molecule has 6 heteroatoms. The second kappa shape index (κ2) is 9.23. The van der Waals surface area contributed by atoms with Crippen molar-refractivity contribution in [3.05, 3.63) is 22.4 Å². The average molecular weight is 359 g/mol. The quantitative estimate of drug-likeness (QED) is 0.735. The number of amides is 1. The summed E-state index contributed by atoms with van der Waals surface area (Å²) in [7, 11) is 8.22. The van der Waals surface area contributed by atoms with E-state index in [9.17, 15) is 4.79 Å². The van der Waals surface area contributed by atoms with Crippen molar-refractivity contribution in [2.24, 2.45) is 0 Å². The molecule has 0 spiro atoms. The van der Waals surface area contributed by atoms with Crippen molar-refractivity contribution in [1.82, 2.24) is 19.7 Å². The first-order chi connectivity index (χ1) is 9.90. The van der Waals surface area contributed by atoms with Gasteiger partial charge in [0.1, 0.15) is 5.69 Å².